The summed E-state index contributed by atoms with van der Waals surface area (Å²) in [6.07, 6.45) is 3.97. The smallest absolute Gasteiger partial charge is 0.240 e. The van der Waals surface area contributed by atoms with Gasteiger partial charge in [-0.05, 0) is 24.5 Å². The second-order valence-electron chi connectivity index (χ2n) is 5.01. The first-order chi connectivity index (χ1) is 10.3. The van der Waals surface area contributed by atoms with E-state index in [1.165, 1.54) is 21.8 Å². The molecule has 1 aromatic carbocycles. The molecule has 1 aliphatic heterocycles. The molecule has 0 fully saturated rings. The number of aromatic nitrogens is 2. The molecule has 4 nitrogen and oxygen atoms in total. The number of nitrogens with zero attached hydrogens (tertiary/aromatic N) is 2. The highest BCUT2D eigenvalue weighted by Gasteiger charge is 2.28. The Morgan fingerprint density at radius 3 is 3.05 bits per heavy atom. The van der Waals surface area contributed by atoms with Crippen LogP contribution in [0.2, 0.25) is 0 Å². The first-order valence-corrected chi connectivity index (χ1v) is 8.83. The number of thioether (sulfide) groups is 1. The van der Waals surface area contributed by atoms with Crippen LogP contribution >= 0.6 is 23.1 Å². The lowest BCUT2D eigenvalue weighted by molar-refractivity contribution is -0.115. The van der Waals surface area contributed by atoms with Gasteiger partial charge < -0.3 is 0 Å². The Balaban J connectivity index is 1.59. The summed E-state index contributed by atoms with van der Waals surface area (Å²) in [5, 5.41) is 12.6. The number of carbonyl (C=O) groups excluding carboxylic acids is 1. The summed E-state index contributed by atoms with van der Waals surface area (Å²) in [4.78, 5) is 13.5. The SMILES string of the molecule is CCCCc1nnc(NC(=O)[C@H]2Cc3ccccc3S2)s1. The van der Waals surface area contributed by atoms with Crippen molar-refractivity contribution in [3.05, 3.63) is 34.8 Å². The van der Waals surface area contributed by atoms with Crippen molar-refractivity contribution in [2.45, 2.75) is 42.8 Å². The minimum absolute atomic E-state index is 0.0226. The van der Waals surface area contributed by atoms with Crippen LogP contribution in [0, 0.1) is 0 Å². The molecule has 1 N–H and O–H groups in total. The van der Waals surface area contributed by atoms with Crippen LogP contribution in [-0.2, 0) is 17.6 Å². The van der Waals surface area contributed by atoms with E-state index in [1.54, 1.807) is 11.8 Å². The van der Waals surface area contributed by atoms with Crippen molar-refractivity contribution in [1.82, 2.24) is 10.2 Å². The van der Waals surface area contributed by atoms with E-state index in [0.717, 1.165) is 30.7 Å². The normalized spacial score (nSPS) is 16.7. The van der Waals surface area contributed by atoms with Gasteiger partial charge in [0.25, 0.3) is 0 Å². The number of fused-ring (bicyclic) bond motifs is 1. The summed E-state index contributed by atoms with van der Waals surface area (Å²) < 4.78 is 0. The van der Waals surface area contributed by atoms with E-state index >= 15 is 0 Å². The van der Waals surface area contributed by atoms with Gasteiger partial charge in [0, 0.05) is 11.3 Å². The van der Waals surface area contributed by atoms with E-state index in [0.29, 0.717) is 5.13 Å². The third kappa shape index (κ3) is 3.44. The standard InChI is InChI=1S/C15H17N3OS2/c1-2-3-8-13-17-18-15(21-13)16-14(19)12-9-10-6-4-5-7-11(10)20-12/h4-7,12H,2-3,8-9H2,1H3,(H,16,18,19)/t12-/m1/s1. The Morgan fingerprint density at radius 2 is 2.24 bits per heavy atom. The fraction of sp³-hybridized carbons (Fsp3) is 0.400. The molecule has 0 saturated carbocycles. The van der Waals surface area contributed by atoms with Gasteiger partial charge >= 0.3 is 0 Å². The number of aryl methyl sites for hydroxylation is 1. The molecule has 110 valence electrons. The fourth-order valence-electron chi connectivity index (χ4n) is 2.25. The lowest BCUT2D eigenvalue weighted by Gasteiger charge is -2.06. The number of unbranched alkanes of at least 4 members (excludes halogenated alkanes) is 1. The van der Waals surface area contributed by atoms with Crippen LogP contribution in [0.4, 0.5) is 5.13 Å². The predicted molar refractivity (Wildman–Crippen MR) is 86.9 cm³/mol. The Morgan fingerprint density at radius 1 is 1.38 bits per heavy atom. The second kappa shape index (κ2) is 6.58. The average molecular weight is 319 g/mol. The van der Waals surface area contributed by atoms with Crippen LogP contribution in [0.15, 0.2) is 29.2 Å². The first-order valence-electron chi connectivity index (χ1n) is 7.14. The van der Waals surface area contributed by atoms with E-state index in [-0.39, 0.29) is 11.2 Å². The van der Waals surface area contributed by atoms with Gasteiger partial charge in [-0.3, -0.25) is 10.1 Å². The van der Waals surface area contributed by atoms with Gasteiger partial charge in [0.2, 0.25) is 11.0 Å². The van der Waals surface area contributed by atoms with E-state index in [1.807, 2.05) is 12.1 Å². The summed E-state index contributed by atoms with van der Waals surface area (Å²) in [5.41, 5.74) is 1.25. The van der Waals surface area contributed by atoms with Crippen molar-refractivity contribution in [3.63, 3.8) is 0 Å². The molecule has 0 unspecified atom stereocenters. The van der Waals surface area contributed by atoms with E-state index in [4.69, 9.17) is 0 Å². The average Bonchev–Trinajstić information content (AvgIpc) is 3.11. The molecule has 1 atom stereocenters. The minimum atomic E-state index is -0.0645. The van der Waals surface area contributed by atoms with E-state index in [2.05, 4.69) is 34.6 Å². The molecule has 3 rings (SSSR count). The van der Waals surface area contributed by atoms with Crippen LogP contribution in [0.25, 0.3) is 0 Å². The monoisotopic (exact) mass is 319 g/mol. The highest BCUT2D eigenvalue weighted by atomic mass is 32.2. The van der Waals surface area contributed by atoms with Gasteiger partial charge in [0.05, 0.1) is 5.25 Å². The highest BCUT2D eigenvalue weighted by Crippen LogP contribution is 2.37. The zero-order valence-corrected chi connectivity index (χ0v) is 13.5. The molecule has 0 radical (unpaired) electrons. The number of hydrogen-bond acceptors (Lipinski definition) is 5. The maximum atomic E-state index is 12.3. The van der Waals surface area contributed by atoms with Crippen molar-refractivity contribution < 1.29 is 4.79 Å². The Bertz CT molecular complexity index is 616. The maximum Gasteiger partial charge on any atom is 0.240 e. The molecule has 0 spiro atoms. The summed E-state index contributed by atoms with van der Waals surface area (Å²) in [5.74, 6) is 0.0226. The number of benzene rings is 1. The number of carbonyl (C=O) groups is 1. The first kappa shape index (κ1) is 14.5. The maximum absolute atomic E-state index is 12.3. The molecule has 1 aromatic heterocycles. The molecule has 0 aliphatic carbocycles. The van der Waals surface area contributed by atoms with Crippen molar-refractivity contribution in [3.8, 4) is 0 Å². The van der Waals surface area contributed by atoms with Crippen LogP contribution < -0.4 is 5.32 Å². The third-order valence-electron chi connectivity index (χ3n) is 3.38. The molecular weight excluding hydrogens is 302 g/mol. The van der Waals surface area contributed by atoms with Gasteiger partial charge in [0.15, 0.2) is 0 Å². The van der Waals surface area contributed by atoms with Crippen molar-refractivity contribution in [2.75, 3.05) is 5.32 Å². The second-order valence-corrected chi connectivity index (χ2v) is 7.32. The van der Waals surface area contributed by atoms with Gasteiger partial charge in [0.1, 0.15) is 5.01 Å². The largest absolute Gasteiger partial charge is 0.300 e. The van der Waals surface area contributed by atoms with Gasteiger partial charge in [-0.25, -0.2) is 0 Å². The number of nitrogens with one attached hydrogen (secondary N) is 1. The highest BCUT2D eigenvalue weighted by molar-refractivity contribution is 8.01. The fourth-order valence-corrected chi connectivity index (χ4v) is 4.23. The van der Waals surface area contributed by atoms with Gasteiger partial charge in [-0.2, -0.15) is 0 Å². The summed E-state index contributed by atoms with van der Waals surface area (Å²) in [7, 11) is 0. The van der Waals surface area contributed by atoms with Crippen LogP contribution in [0.3, 0.4) is 0 Å². The molecule has 1 aliphatic rings. The molecule has 1 amide bonds. The van der Waals surface area contributed by atoms with E-state index in [9.17, 15) is 4.79 Å². The molecular formula is C15H17N3OS2. The summed E-state index contributed by atoms with van der Waals surface area (Å²) in [6.45, 7) is 2.15. The molecule has 2 aromatic rings. The van der Waals surface area contributed by atoms with E-state index < -0.39 is 0 Å². The number of hydrogen-bond donors (Lipinski definition) is 1. The molecule has 0 saturated heterocycles. The lowest BCUT2D eigenvalue weighted by Crippen LogP contribution is -2.24. The Hall–Kier alpha value is -1.40. The zero-order valence-electron chi connectivity index (χ0n) is 11.8. The van der Waals surface area contributed by atoms with Crippen molar-refractivity contribution in [2.24, 2.45) is 0 Å². The quantitative estimate of drug-likeness (QED) is 0.916. The Labute approximate surface area is 132 Å². The molecule has 2 heterocycles. The number of rotatable bonds is 5. The topological polar surface area (TPSA) is 54.9 Å². The van der Waals surface area contributed by atoms with Crippen molar-refractivity contribution in [1.29, 1.82) is 0 Å². The van der Waals surface area contributed by atoms with Crippen molar-refractivity contribution >= 4 is 34.1 Å². The van der Waals surface area contributed by atoms with Gasteiger partial charge in [-0.1, -0.05) is 42.9 Å². The minimum Gasteiger partial charge on any atom is -0.300 e. The van der Waals surface area contributed by atoms with Crippen LogP contribution in [-0.4, -0.2) is 21.4 Å². The van der Waals surface area contributed by atoms with Gasteiger partial charge in [-0.15, -0.1) is 22.0 Å². The number of anilines is 1. The summed E-state index contributed by atoms with van der Waals surface area (Å²) >= 11 is 3.11. The van der Waals surface area contributed by atoms with Crippen LogP contribution in [0.1, 0.15) is 30.3 Å². The molecule has 6 heteroatoms. The molecule has 0 bridgehead atoms. The van der Waals surface area contributed by atoms with Crippen LogP contribution in [0.5, 0.6) is 0 Å². The molecule has 21 heavy (non-hydrogen) atoms. The zero-order chi connectivity index (χ0) is 14.7. The number of amides is 1. The predicted octanol–water partition coefficient (Wildman–Crippen LogP) is 3.54. The Kier molecular flexibility index (Phi) is 4.55. The third-order valence-corrected chi connectivity index (χ3v) is 5.60. The summed E-state index contributed by atoms with van der Waals surface area (Å²) in [6, 6.07) is 8.19. The lowest BCUT2D eigenvalue weighted by atomic mass is 10.1.